The van der Waals surface area contributed by atoms with Gasteiger partial charge in [-0.1, -0.05) is 0 Å². The Bertz CT molecular complexity index is 527. The van der Waals surface area contributed by atoms with E-state index in [1.807, 2.05) is 13.0 Å². The number of aromatic nitrogens is 1. The molecule has 1 aromatic heterocycles. The highest BCUT2D eigenvalue weighted by molar-refractivity contribution is 5.95. The van der Waals surface area contributed by atoms with Crippen molar-refractivity contribution in [2.24, 2.45) is 0 Å². The van der Waals surface area contributed by atoms with E-state index in [0.717, 1.165) is 62.6 Å². The lowest BCUT2D eigenvalue weighted by Crippen LogP contribution is -2.45. The molecular formula is C18H32N4O. The normalized spacial score (nSPS) is 17.0. The lowest BCUT2D eigenvalue weighted by molar-refractivity contribution is 0.0948. The van der Waals surface area contributed by atoms with Crippen molar-refractivity contribution >= 4 is 5.91 Å². The first-order chi connectivity index (χ1) is 10.9. The molecule has 1 aliphatic rings. The van der Waals surface area contributed by atoms with Crippen molar-refractivity contribution in [3.63, 3.8) is 0 Å². The van der Waals surface area contributed by atoms with Crippen LogP contribution in [0.25, 0.3) is 0 Å². The van der Waals surface area contributed by atoms with Gasteiger partial charge in [-0.3, -0.25) is 4.79 Å². The zero-order valence-corrected chi connectivity index (χ0v) is 15.4. The molecule has 0 saturated carbocycles. The highest BCUT2D eigenvalue weighted by Crippen LogP contribution is 2.19. The van der Waals surface area contributed by atoms with Gasteiger partial charge in [0.25, 0.3) is 5.91 Å². The van der Waals surface area contributed by atoms with Crippen LogP contribution in [0.5, 0.6) is 0 Å². The Morgan fingerprint density at radius 1 is 1.22 bits per heavy atom. The molecule has 0 aromatic carbocycles. The molecule has 5 heteroatoms. The number of likely N-dealkylation sites (N-methyl/N-ethyl adjacent to an activating group) is 1. The molecule has 0 atom stereocenters. The molecular weight excluding hydrogens is 288 g/mol. The fourth-order valence-electron chi connectivity index (χ4n) is 3.47. The molecule has 1 amide bonds. The number of hydrogen-bond acceptors (Lipinski definition) is 3. The zero-order valence-electron chi connectivity index (χ0n) is 15.4. The van der Waals surface area contributed by atoms with Crippen molar-refractivity contribution < 1.29 is 4.79 Å². The summed E-state index contributed by atoms with van der Waals surface area (Å²) in [5.74, 6) is 0.0587. The largest absolute Gasteiger partial charge is 0.352 e. The molecule has 1 aliphatic heterocycles. The molecule has 1 aromatic rings. The highest BCUT2D eigenvalue weighted by Gasteiger charge is 2.17. The number of amides is 1. The quantitative estimate of drug-likeness (QED) is 0.816. The summed E-state index contributed by atoms with van der Waals surface area (Å²) in [6, 6.07) is 2.39. The molecule has 2 heterocycles. The van der Waals surface area contributed by atoms with Crippen LogP contribution in [0.4, 0.5) is 0 Å². The molecule has 0 unspecified atom stereocenters. The molecule has 0 radical (unpaired) electrons. The second-order valence-corrected chi connectivity index (χ2v) is 7.00. The third kappa shape index (κ3) is 4.58. The van der Waals surface area contributed by atoms with Gasteiger partial charge in [0.2, 0.25) is 0 Å². The van der Waals surface area contributed by atoms with Crippen LogP contribution in [0.3, 0.4) is 0 Å². The summed E-state index contributed by atoms with van der Waals surface area (Å²) in [5.41, 5.74) is 3.03. The summed E-state index contributed by atoms with van der Waals surface area (Å²) in [6.07, 6.45) is 1.01. The number of nitrogens with one attached hydrogen (secondary N) is 1. The molecule has 1 fully saturated rings. The van der Waals surface area contributed by atoms with Crippen molar-refractivity contribution in [2.75, 3.05) is 46.3 Å². The van der Waals surface area contributed by atoms with Gasteiger partial charge in [0, 0.05) is 50.2 Å². The van der Waals surface area contributed by atoms with Gasteiger partial charge in [0.05, 0.1) is 5.56 Å². The second kappa shape index (κ2) is 7.97. The number of nitrogens with zero attached hydrogens (tertiary/aromatic N) is 3. The maximum Gasteiger partial charge on any atom is 0.253 e. The summed E-state index contributed by atoms with van der Waals surface area (Å²) in [4.78, 5) is 17.2. The van der Waals surface area contributed by atoms with E-state index in [9.17, 15) is 4.79 Å². The van der Waals surface area contributed by atoms with Gasteiger partial charge in [-0.15, -0.1) is 0 Å². The SMILES string of the molecule is Cc1cc(C(=O)NCCCN2CCN(C)CC2)c(C)n1C(C)C. The van der Waals surface area contributed by atoms with Gasteiger partial charge in [-0.2, -0.15) is 0 Å². The van der Waals surface area contributed by atoms with Gasteiger partial charge in [-0.05, 0) is 53.8 Å². The number of carbonyl (C=O) groups excluding carboxylic acids is 1. The topological polar surface area (TPSA) is 40.5 Å². The zero-order chi connectivity index (χ0) is 17.0. The second-order valence-electron chi connectivity index (χ2n) is 7.00. The molecule has 0 bridgehead atoms. The van der Waals surface area contributed by atoms with E-state index < -0.39 is 0 Å². The lowest BCUT2D eigenvalue weighted by Gasteiger charge is -2.32. The number of piperazine rings is 1. The summed E-state index contributed by atoms with van der Waals surface area (Å²) in [6.45, 7) is 14.8. The third-order valence-electron chi connectivity index (χ3n) is 4.78. The van der Waals surface area contributed by atoms with Gasteiger partial charge >= 0.3 is 0 Å². The molecule has 1 N–H and O–H groups in total. The number of carbonyl (C=O) groups is 1. The fourth-order valence-corrected chi connectivity index (χ4v) is 3.47. The van der Waals surface area contributed by atoms with Crippen molar-refractivity contribution in [2.45, 2.75) is 40.2 Å². The average molecular weight is 320 g/mol. The average Bonchev–Trinajstić information content (AvgIpc) is 2.80. The maximum atomic E-state index is 12.4. The van der Waals surface area contributed by atoms with Crippen LogP contribution in [0.2, 0.25) is 0 Å². The van der Waals surface area contributed by atoms with Crippen LogP contribution in [0, 0.1) is 13.8 Å². The van der Waals surface area contributed by atoms with E-state index in [-0.39, 0.29) is 5.91 Å². The van der Waals surface area contributed by atoms with Crippen molar-refractivity contribution in [3.8, 4) is 0 Å². The smallest absolute Gasteiger partial charge is 0.253 e. The van der Waals surface area contributed by atoms with E-state index in [0.29, 0.717) is 6.04 Å². The maximum absolute atomic E-state index is 12.4. The Morgan fingerprint density at radius 2 is 1.87 bits per heavy atom. The van der Waals surface area contributed by atoms with Crippen molar-refractivity contribution in [3.05, 3.63) is 23.0 Å². The van der Waals surface area contributed by atoms with Crippen LogP contribution >= 0.6 is 0 Å². The third-order valence-corrected chi connectivity index (χ3v) is 4.78. The van der Waals surface area contributed by atoms with Crippen LogP contribution < -0.4 is 5.32 Å². The molecule has 0 aliphatic carbocycles. The predicted molar refractivity (Wildman–Crippen MR) is 95.2 cm³/mol. The van der Waals surface area contributed by atoms with E-state index in [4.69, 9.17) is 0 Å². The Kier molecular flexibility index (Phi) is 6.25. The highest BCUT2D eigenvalue weighted by atomic mass is 16.1. The van der Waals surface area contributed by atoms with Gasteiger partial charge in [-0.25, -0.2) is 0 Å². The summed E-state index contributed by atoms with van der Waals surface area (Å²) in [7, 11) is 2.17. The van der Waals surface area contributed by atoms with Crippen LogP contribution in [-0.4, -0.2) is 66.6 Å². The summed E-state index contributed by atoms with van der Waals surface area (Å²) in [5, 5.41) is 3.08. The van der Waals surface area contributed by atoms with E-state index in [2.05, 4.69) is 47.5 Å². The first kappa shape index (κ1) is 18.0. The summed E-state index contributed by atoms with van der Waals surface area (Å²) < 4.78 is 2.22. The molecule has 0 spiro atoms. The Morgan fingerprint density at radius 3 is 2.43 bits per heavy atom. The van der Waals surface area contributed by atoms with Gasteiger partial charge < -0.3 is 19.7 Å². The van der Waals surface area contributed by atoms with Crippen LogP contribution in [0.1, 0.15) is 48.1 Å². The van der Waals surface area contributed by atoms with Crippen LogP contribution in [-0.2, 0) is 0 Å². The minimum atomic E-state index is 0.0587. The van der Waals surface area contributed by atoms with E-state index >= 15 is 0 Å². The van der Waals surface area contributed by atoms with Gasteiger partial charge in [0.15, 0.2) is 0 Å². The number of hydrogen-bond donors (Lipinski definition) is 1. The Labute approximate surface area is 140 Å². The van der Waals surface area contributed by atoms with Crippen molar-refractivity contribution in [1.82, 2.24) is 19.7 Å². The molecule has 5 nitrogen and oxygen atoms in total. The molecule has 1 saturated heterocycles. The van der Waals surface area contributed by atoms with E-state index in [1.54, 1.807) is 0 Å². The number of rotatable bonds is 6. The fraction of sp³-hybridized carbons (Fsp3) is 0.722. The minimum absolute atomic E-state index is 0.0587. The molecule has 23 heavy (non-hydrogen) atoms. The monoisotopic (exact) mass is 320 g/mol. The first-order valence-electron chi connectivity index (χ1n) is 8.77. The summed E-state index contributed by atoms with van der Waals surface area (Å²) >= 11 is 0. The Hall–Kier alpha value is -1.33. The molecule has 2 rings (SSSR count). The van der Waals surface area contributed by atoms with Crippen molar-refractivity contribution in [1.29, 1.82) is 0 Å². The first-order valence-corrected chi connectivity index (χ1v) is 8.77. The lowest BCUT2D eigenvalue weighted by atomic mass is 10.2. The van der Waals surface area contributed by atoms with Crippen LogP contribution in [0.15, 0.2) is 6.07 Å². The minimum Gasteiger partial charge on any atom is -0.352 e. The molecule has 130 valence electrons. The standard InChI is InChI=1S/C18H32N4O/c1-14(2)22-15(3)13-17(16(22)4)18(23)19-7-6-8-21-11-9-20(5)10-12-21/h13-14H,6-12H2,1-5H3,(H,19,23). The Balaban J connectivity index is 1.78. The predicted octanol–water partition coefficient (Wildman–Crippen LogP) is 2.05. The van der Waals surface area contributed by atoms with Gasteiger partial charge in [0.1, 0.15) is 0 Å². The van der Waals surface area contributed by atoms with E-state index in [1.165, 1.54) is 0 Å². The number of aryl methyl sites for hydroxylation is 1.